The van der Waals surface area contributed by atoms with Gasteiger partial charge in [-0.25, -0.2) is 0 Å². The number of thioether (sulfide) groups is 1. The summed E-state index contributed by atoms with van der Waals surface area (Å²) in [6.45, 7) is 5.46. The summed E-state index contributed by atoms with van der Waals surface area (Å²) in [6.07, 6.45) is 0. The van der Waals surface area contributed by atoms with Crippen molar-refractivity contribution in [1.29, 1.82) is 0 Å². The van der Waals surface area contributed by atoms with Crippen LogP contribution in [0.1, 0.15) is 20.8 Å². The Bertz CT molecular complexity index is 527. The SMILES string of the molecule is CCNc1nc(S/C(C(C)=O)=C(/C)O)nc(N(C)C)n1. The highest BCUT2D eigenvalue weighted by molar-refractivity contribution is 8.03. The van der Waals surface area contributed by atoms with E-state index in [0.717, 1.165) is 11.8 Å². The van der Waals surface area contributed by atoms with Crippen LogP contribution < -0.4 is 10.2 Å². The van der Waals surface area contributed by atoms with Crippen LogP contribution in [0, 0.1) is 0 Å². The van der Waals surface area contributed by atoms with Gasteiger partial charge in [0, 0.05) is 20.6 Å². The second-order valence-corrected chi connectivity index (χ2v) is 5.22. The van der Waals surface area contributed by atoms with Crippen molar-refractivity contribution in [2.45, 2.75) is 25.9 Å². The molecule has 0 atom stereocenters. The molecule has 20 heavy (non-hydrogen) atoms. The molecule has 0 aliphatic carbocycles. The number of allylic oxidation sites excluding steroid dienone is 2. The number of hydrogen-bond acceptors (Lipinski definition) is 8. The molecule has 1 rings (SSSR count). The number of Topliss-reactive ketones (excluding diaryl/α,β-unsaturated/α-hetero) is 1. The highest BCUT2D eigenvalue weighted by Gasteiger charge is 2.15. The maximum Gasteiger partial charge on any atom is 0.230 e. The first kappa shape index (κ1) is 16.2. The van der Waals surface area contributed by atoms with Crippen molar-refractivity contribution in [1.82, 2.24) is 15.0 Å². The standard InChI is InChI=1S/C12H19N5O2S/c1-6-13-10-14-11(17(4)5)16-12(15-10)20-9(7(2)18)8(3)19/h18H,6H2,1-5H3,(H,13,14,15,16)/b9-7-. The fourth-order valence-electron chi connectivity index (χ4n) is 1.32. The van der Waals surface area contributed by atoms with Crippen LogP contribution in [-0.4, -0.2) is 46.5 Å². The quantitative estimate of drug-likeness (QED) is 0.467. The number of ketones is 1. The number of carbonyl (C=O) groups excluding carboxylic acids is 1. The van der Waals surface area contributed by atoms with E-state index in [0.29, 0.717) is 23.6 Å². The number of aliphatic hydroxyl groups is 1. The van der Waals surface area contributed by atoms with E-state index in [9.17, 15) is 9.90 Å². The van der Waals surface area contributed by atoms with Crippen LogP contribution in [0.3, 0.4) is 0 Å². The lowest BCUT2D eigenvalue weighted by Crippen LogP contribution is -2.16. The van der Waals surface area contributed by atoms with E-state index in [1.165, 1.54) is 13.8 Å². The predicted molar refractivity (Wildman–Crippen MR) is 80.2 cm³/mol. The van der Waals surface area contributed by atoms with E-state index in [2.05, 4.69) is 20.3 Å². The van der Waals surface area contributed by atoms with Crippen LogP contribution in [-0.2, 0) is 4.79 Å². The molecule has 0 bridgehead atoms. The summed E-state index contributed by atoms with van der Waals surface area (Å²) in [7, 11) is 3.64. The molecule has 1 aromatic rings. The van der Waals surface area contributed by atoms with E-state index in [-0.39, 0.29) is 16.4 Å². The van der Waals surface area contributed by atoms with Gasteiger partial charge in [0.25, 0.3) is 0 Å². The number of hydrogen-bond donors (Lipinski definition) is 2. The minimum Gasteiger partial charge on any atom is -0.511 e. The Kier molecular flexibility index (Phi) is 5.75. The van der Waals surface area contributed by atoms with Gasteiger partial charge in [-0.15, -0.1) is 0 Å². The number of aromatic nitrogens is 3. The zero-order chi connectivity index (χ0) is 15.3. The van der Waals surface area contributed by atoms with Crippen molar-refractivity contribution < 1.29 is 9.90 Å². The molecule has 0 radical (unpaired) electrons. The van der Waals surface area contributed by atoms with Gasteiger partial charge < -0.3 is 15.3 Å². The molecule has 0 unspecified atom stereocenters. The van der Waals surface area contributed by atoms with Crippen molar-refractivity contribution in [2.24, 2.45) is 0 Å². The van der Waals surface area contributed by atoms with Crippen molar-refractivity contribution in [3.8, 4) is 0 Å². The van der Waals surface area contributed by atoms with Crippen molar-refractivity contribution in [2.75, 3.05) is 30.9 Å². The molecule has 2 N–H and O–H groups in total. The van der Waals surface area contributed by atoms with Crippen LogP contribution in [0.5, 0.6) is 0 Å². The second-order valence-electron chi connectivity index (χ2n) is 4.24. The van der Waals surface area contributed by atoms with Gasteiger partial charge in [0.2, 0.25) is 11.9 Å². The van der Waals surface area contributed by atoms with Crippen LogP contribution in [0.25, 0.3) is 0 Å². The zero-order valence-electron chi connectivity index (χ0n) is 12.3. The van der Waals surface area contributed by atoms with Gasteiger partial charge in [0.15, 0.2) is 10.9 Å². The molecule has 1 aromatic heterocycles. The Morgan fingerprint density at radius 2 is 1.95 bits per heavy atom. The molecule has 0 aliphatic heterocycles. The van der Waals surface area contributed by atoms with Gasteiger partial charge in [0.05, 0.1) is 4.91 Å². The fraction of sp³-hybridized carbons (Fsp3) is 0.500. The number of nitrogens with zero attached hydrogens (tertiary/aromatic N) is 4. The van der Waals surface area contributed by atoms with E-state index in [1.807, 2.05) is 21.0 Å². The highest BCUT2D eigenvalue weighted by Crippen LogP contribution is 2.27. The highest BCUT2D eigenvalue weighted by atomic mass is 32.2. The number of rotatable bonds is 6. The molecule has 0 fully saturated rings. The predicted octanol–water partition coefficient (Wildman–Crippen LogP) is 1.84. The molecule has 8 heteroatoms. The molecule has 0 saturated heterocycles. The van der Waals surface area contributed by atoms with Crippen LogP contribution in [0.2, 0.25) is 0 Å². The van der Waals surface area contributed by atoms with E-state index < -0.39 is 0 Å². The Balaban J connectivity index is 3.17. The van der Waals surface area contributed by atoms with Crippen molar-refractivity contribution >= 4 is 29.4 Å². The molecule has 0 saturated carbocycles. The Labute approximate surface area is 122 Å². The average Bonchev–Trinajstić information content (AvgIpc) is 2.35. The topological polar surface area (TPSA) is 91.2 Å². The van der Waals surface area contributed by atoms with E-state index >= 15 is 0 Å². The largest absolute Gasteiger partial charge is 0.511 e. The maximum absolute atomic E-state index is 11.5. The molecule has 0 spiro atoms. The average molecular weight is 297 g/mol. The van der Waals surface area contributed by atoms with Crippen molar-refractivity contribution in [3.63, 3.8) is 0 Å². The fourth-order valence-corrected chi connectivity index (χ4v) is 2.05. The number of nitrogens with one attached hydrogen (secondary N) is 1. The van der Waals surface area contributed by atoms with Gasteiger partial charge in [-0.2, -0.15) is 15.0 Å². The summed E-state index contributed by atoms with van der Waals surface area (Å²) in [4.78, 5) is 26.2. The van der Waals surface area contributed by atoms with E-state index in [1.54, 1.807) is 4.90 Å². The van der Waals surface area contributed by atoms with Crippen LogP contribution >= 0.6 is 11.8 Å². The summed E-state index contributed by atoms with van der Waals surface area (Å²) in [5, 5.41) is 12.9. The molecular weight excluding hydrogens is 278 g/mol. The van der Waals surface area contributed by atoms with E-state index in [4.69, 9.17) is 0 Å². The third-order valence-electron chi connectivity index (χ3n) is 2.18. The Morgan fingerprint density at radius 1 is 1.30 bits per heavy atom. The summed E-state index contributed by atoms with van der Waals surface area (Å²) in [5.41, 5.74) is 0. The number of anilines is 2. The summed E-state index contributed by atoms with van der Waals surface area (Å²) >= 11 is 1.03. The number of carbonyl (C=O) groups is 1. The summed E-state index contributed by atoms with van der Waals surface area (Å²) in [6, 6.07) is 0. The third-order valence-corrected chi connectivity index (χ3v) is 3.33. The van der Waals surface area contributed by atoms with Gasteiger partial charge >= 0.3 is 0 Å². The first-order chi connectivity index (χ1) is 9.35. The zero-order valence-corrected chi connectivity index (χ0v) is 13.1. The van der Waals surface area contributed by atoms with Crippen LogP contribution in [0.15, 0.2) is 15.8 Å². The van der Waals surface area contributed by atoms with Gasteiger partial charge in [-0.1, -0.05) is 0 Å². The number of aliphatic hydroxyl groups excluding tert-OH is 1. The second kappa shape index (κ2) is 7.09. The van der Waals surface area contributed by atoms with Crippen molar-refractivity contribution in [3.05, 3.63) is 10.7 Å². The molecule has 7 nitrogen and oxygen atoms in total. The smallest absolute Gasteiger partial charge is 0.230 e. The lowest BCUT2D eigenvalue weighted by atomic mass is 10.4. The molecule has 0 aromatic carbocycles. The lowest BCUT2D eigenvalue weighted by Gasteiger charge is -2.13. The van der Waals surface area contributed by atoms with Gasteiger partial charge in [-0.05, 0) is 32.5 Å². The Hall–Kier alpha value is -1.83. The van der Waals surface area contributed by atoms with Gasteiger partial charge in [-0.3, -0.25) is 4.79 Å². The minimum absolute atomic E-state index is 0.0423. The molecule has 0 amide bonds. The summed E-state index contributed by atoms with van der Waals surface area (Å²) < 4.78 is 0. The molecule has 1 heterocycles. The molecule has 110 valence electrons. The maximum atomic E-state index is 11.5. The van der Waals surface area contributed by atoms with Crippen LogP contribution in [0.4, 0.5) is 11.9 Å². The Morgan fingerprint density at radius 3 is 2.40 bits per heavy atom. The van der Waals surface area contributed by atoms with Gasteiger partial charge in [0.1, 0.15) is 5.76 Å². The first-order valence-corrected chi connectivity index (χ1v) is 6.92. The monoisotopic (exact) mass is 297 g/mol. The minimum atomic E-state index is -0.230. The normalized spacial score (nSPS) is 11.8. The molecular formula is C12H19N5O2S. The summed E-state index contributed by atoms with van der Waals surface area (Å²) in [5.74, 6) is 0.648. The first-order valence-electron chi connectivity index (χ1n) is 6.11. The lowest BCUT2D eigenvalue weighted by molar-refractivity contribution is -0.113. The molecule has 0 aliphatic rings. The third kappa shape index (κ3) is 4.37.